The molecule has 0 radical (unpaired) electrons. The Morgan fingerprint density at radius 1 is 1.23 bits per heavy atom. The topological polar surface area (TPSA) is 63.6 Å². The third-order valence-electron chi connectivity index (χ3n) is 3.09. The Kier molecular flexibility index (Phi) is 4.11. The highest BCUT2D eigenvalue weighted by Gasteiger charge is 2.12. The third-order valence-corrected chi connectivity index (χ3v) is 3.91. The lowest BCUT2D eigenvalue weighted by Crippen LogP contribution is -2.18. The SMILES string of the molecule is COc1ccc(/C=N/NC(=O)c2nsc3ccccc23)cc1. The van der Waals surface area contributed by atoms with Crippen LogP contribution in [-0.2, 0) is 0 Å². The van der Waals surface area contributed by atoms with Gasteiger partial charge >= 0.3 is 0 Å². The monoisotopic (exact) mass is 311 g/mol. The van der Waals surface area contributed by atoms with Gasteiger partial charge in [-0.3, -0.25) is 4.79 Å². The average molecular weight is 311 g/mol. The van der Waals surface area contributed by atoms with Crippen LogP contribution in [-0.4, -0.2) is 23.6 Å². The number of aromatic nitrogens is 1. The van der Waals surface area contributed by atoms with Crippen LogP contribution in [0.1, 0.15) is 16.1 Å². The Morgan fingerprint density at radius 2 is 2.00 bits per heavy atom. The summed E-state index contributed by atoms with van der Waals surface area (Å²) >= 11 is 1.30. The zero-order valence-electron chi connectivity index (χ0n) is 11.8. The number of nitrogens with one attached hydrogen (secondary N) is 1. The number of hydrogen-bond acceptors (Lipinski definition) is 5. The van der Waals surface area contributed by atoms with E-state index >= 15 is 0 Å². The second-order valence-corrected chi connectivity index (χ2v) is 5.30. The maximum Gasteiger partial charge on any atom is 0.291 e. The van der Waals surface area contributed by atoms with Crippen LogP contribution in [0.4, 0.5) is 0 Å². The van der Waals surface area contributed by atoms with Crippen molar-refractivity contribution < 1.29 is 9.53 Å². The lowest BCUT2D eigenvalue weighted by atomic mass is 10.2. The van der Waals surface area contributed by atoms with Crippen LogP contribution >= 0.6 is 11.5 Å². The fourth-order valence-corrected chi connectivity index (χ4v) is 2.73. The maximum absolute atomic E-state index is 12.1. The lowest BCUT2D eigenvalue weighted by Gasteiger charge is -1.99. The number of ether oxygens (including phenoxy) is 1. The van der Waals surface area contributed by atoms with Crippen LogP contribution in [0.5, 0.6) is 5.75 Å². The van der Waals surface area contributed by atoms with Crippen LogP contribution in [0.15, 0.2) is 53.6 Å². The quantitative estimate of drug-likeness (QED) is 0.595. The number of amides is 1. The van der Waals surface area contributed by atoms with Gasteiger partial charge in [0, 0.05) is 5.39 Å². The van der Waals surface area contributed by atoms with E-state index in [1.165, 1.54) is 11.5 Å². The number of carbonyl (C=O) groups is 1. The summed E-state index contributed by atoms with van der Waals surface area (Å²) < 4.78 is 10.2. The molecule has 0 bridgehead atoms. The molecule has 3 aromatic rings. The van der Waals surface area contributed by atoms with Crippen molar-refractivity contribution in [3.8, 4) is 5.75 Å². The van der Waals surface area contributed by atoms with Gasteiger partial charge in [-0.2, -0.15) is 9.47 Å². The molecule has 0 saturated heterocycles. The van der Waals surface area contributed by atoms with Crippen molar-refractivity contribution in [2.45, 2.75) is 0 Å². The van der Waals surface area contributed by atoms with E-state index in [4.69, 9.17) is 4.74 Å². The van der Waals surface area contributed by atoms with Gasteiger partial charge in [-0.25, -0.2) is 5.43 Å². The summed E-state index contributed by atoms with van der Waals surface area (Å²) in [5.41, 5.74) is 3.76. The number of hydrazone groups is 1. The van der Waals surface area contributed by atoms with Crippen LogP contribution < -0.4 is 10.2 Å². The van der Waals surface area contributed by atoms with Gasteiger partial charge in [0.25, 0.3) is 5.91 Å². The highest BCUT2D eigenvalue weighted by molar-refractivity contribution is 7.13. The van der Waals surface area contributed by atoms with Gasteiger partial charge in [0.1, 0.15) is 5.75 Å². The van der Waals surface area contributed by atoms with Crippen molar-refractivity contribution in [1.82, 2.24) is 9.80 Å². The van der Waals surface area contributed by atoms with E-state index in [9.17, 15) is 4.79 Å². The number of carbonyl (C=O) groups excluding carboxylic acids is 1. The second-order valence-electron chi connectivity index (χ2n) is 4.50. The molecular weight excluding hydrogens is 298 g/mol. The average Bonchev–Trinajstić information content (AvgIpc) is 2.99. The highest BCUT2D eigenvalue weighted by atomic mass is 32.1. The number of methoxy groups -OCH3 is 1. The molecule has 22 heavy (non-hydrogen) atoms. The first-order valence-electron chi connectivity index (χ1n) is 6.60. The molecule has 6 heteroatoms. The van der Waals surface area contributed by atoms with Crippen LogP contribution in [0.25, 0.3) is 10.1 Å². The van der Waals surface area contributed by atoms with Crippen molar-refractivity contribution in [3.05, 3.63) is 59.8 Å². The second kappa shape index (κ2) is 6.36. The van der Waals surface area contributed by atoms with Gasteiger partial charge in [-0.15, -0.1) is 0 Å². The summed E-state index contributed by atoms with van der Waals surface area (Å²) in [6, 6.07) is 15.0. The summed E-state index contributed by atoms with van der Waals surface area (Å²) in [5.74, 6) is 0.456. The highest BCUT2D eigenvalue weighted by Crippen LogP contribution is 2.21. The standard InChI is InChI=1S/C16H13N3O2S/c1-21-12-8-6-11(7-9-12)10-17-18-16(20)15-13-4-2-3-5-14(13)22-19-15/h2-10H,1H3,(H,18,20)/b17-10+. The van der Waals surface area contributed by atoms with Gasteiger partial charge < -0.3 is 4.74 Å². The number of fused-ring (bicyclic) bond motifs is 1. The normalized spacial score (nSPS) is 11.0. The first-order chi connectivity index (χ1) is 10.8. The Labute approximate surface area is 131 Å². The summed E-state index contributed by atoms with van der Waals surface area (Å²) in [4.78, 5) is 12.1. The molecule has 0 aliphatic rings. The Morgan fingerprint density at radius 3 is 2.77 bits per heavy atom. The van der Waals surface area contributed by atoms with Gasteiger partial charge in [0.2, 0.25) is 0 Å². The molecule has 0 aliphatic carbocycles. The van der Waals surface area contributed by atoms with Gasteiger partial charge in [0.05, 0.1) is 18.0 Å². The number of hydrogen-bond donors (Lipinski definition) is 1. The first-order valence-corrected chi connectivity index (χ1v) is 7.37. The summed E-state index contributed by atoms with van der Waals surface area (Å²) in [6.45, 7) is 0. The zero-order chi connectivity index (χ0) is 15.4. The summed E-state index contributed by atoms with van der Waals surface area (Å²) in [5, 5.41) is 4.80. The van der Waals surface area contributed by atoms with Gasteiger partial charge in [0.15, 0.2) is 5.69 Å². The molecule has 1 aromatic heterocycles. The minimum Gasteiger partial charge on any atom is -0.497 e. The number of benzene rings is 2. The lowest BCUT2D eigenvalue weighted by molar-refractivity contribution is 0.0953. The van der Waals surface area contributed by atoms with Gasteiger partial charge in [-0.05, 0) is 47.4 Å². The fourth-order valence-electron chi connectivity index (χ4n) is 1.96. The Balaban J connectivity index is 1.70. The number of nitrogens with zero attached hydrogens (tertiary/aromatic N) is 2. The van der Waals surface area contributed by atoms with Crippen LogP contribution in [0.2, 0.25) is 0 Å². The van der Waals surface area contributed by atoms with Gasteiger partial charge in [-0.1, -0.05) is 18.2 Å². The molecule has 1 heterocycles. The van der Waals surface area contributed by atoms with Crippen molar-refractivity contribution >= 4 is 33.7 Å². The third kappa shape index (κ3) is 2.96. The van der Waals surface area contributed by atoms with Crippen molar-refractivity contribution in [1.29, 1.82) is 0 Å². The largest absolute Gasteiger partial charge is 0.497 e. The van der Waals surface area contributed by atoms with Crippen LogP contribution in [0.3, 0.4) is 0 Å². The predicted octanol–water partition coefficient (Wildman–Crippen LogP) is 3.07. The van der Waals surface area contributed by atoms with E-state index in [1.54, 1.807) is 13.3 Å². The molecule has 0 atom stereocenters. The van der Waals surface area contributed by atoms with E-state index < -0.39 is 0 Å². The maximum atomic E-state index is 12.1. The van der Waals surface area contributed by atoms with Crippen LogP contribution in [0, 0.1) is 0 Å². The molecule has 0 aliphatic heterocycles. The molecule has 0 saturated carbocycles. The molecule has 2 aromatic carbocycles. The smallest absolute Gasteiger partial charge is 0.291 e. The summed E-state index contributed by atoms with van der Waals surface area (Å²) in [6.07, 6.45) is 1.58. The van der Waals surface area contributed by atoms with Crippen molar-refractivity contribution in [2.75, 3.05) is 7.11 Å². The van der Waals surface area contributed by atoms with E-state index in [0.717, 1.165) is 21.4 Å². The minimum atomic E-state index is -0.317. The Hall–Kier alpha value is -2.73. The molecule has 0 unspecified atom stereocenters. The molecule has 5 nitrogen and oxygen atoms in total. The van der Waals surface area contributed by atoms with E-state index in [2.05, 4.69) is 14.9 Å². The minimum absolute atomic E-state index is 0.317. The molecule has 0 fully saturated rings. The first kappa shape index (κ1) is 14.2. The number of rotatable bonds is 4. The van der Waals surface area contributed by atoms with Crippen molar-refractivity contribution in [2.24, 2.45) is 5.10 Å². The molecule has 0 spiro atoms. The molecular formula is C16H13N3O2S. The molecule has 110 valence electrons. The molecule has 1 amide bonds. The van der Waals surface area contributed by atoms with E-state index in [-0.39, 0.29) is 5.91 Å². The predicted molar refractivity (Wildman–Crippen MR) is 87.7 cm³/mol. The van der Waals surface area contributed by atoms with E-state index in [1.807, 2.05) is 48.5 Å². The van der Waals surface area contributed by atoms with E-state index in [0.29, 0.717) is 5.69 Å². The fraction of sp³-hybridized carbons (Fsp3) is 0.0625. The molecule has 3 rings (SSSR count). The Bertz CT molecular complexity index is 825. The van der Waals surface area contributed by atoms with Crippen molar-refractivity contribution in [3.63, 3.8) is 0 Å². The molecule has 1 N–H and O–H groups in total. The zero-order valence-corrected chi connectivity index (χ0v) is 12.6. The summed E-state index contributed by atoms with van der Waals surface area (Å²) in [7, 11) is 1.61.